The molecule has 118 valence electrons. The fourth-order valence-electron chi connectivity index (χ4n) is 2.64. The number of nitrogens with one attached hydrogen (secondary N) is 1. The lowest BCUT2D eigenvalue weighted by Crippen LogP contribution is -2.45. The van der Waals surface area contributed by atoms with E-state index in [2.05, 4.69) is 22.0 Å². The second-order valence-electron chi connectivity index (χ2n) is 5.33. The SMILES string of the molecule is CCN1CCN(Cc2ccc(NC)cc2C(F)(F)F)CC1. The van der Waals surface area contributed by atoms with Gasteiger partial charge in [-0.25, -0.2) is 0 Å². The molecule has 2 rings (SSSR count). The van der Waals surface area contributed by atoms with E-state index in [0.29, 0.717) is 17.8 Å². The Balaban J connectivity index is 2.13. The summed E-state index contributed by atoms with van der Waals surface area (Å²) in [6.07, 6.45) is -4.31. The lowest BCUT2D eigenvalue weighted by Gasteiger charge is -2.34. The molecule has 0 amide bonds. The topological polar surface area (TPSA) is 18.5 Å². The van der Waals surface area contributed by atoms with Gasteiger partial charge in [-0.05, 0) is 24.2 Å². The Morgan fingerprint density at radius 3 is 2.24 bits per heavy atom. The first-order valence-electron chi connectivity index (χ1n) is 7.26. The minimum atomic E-state index is -4.31. The molecule has 6 heteroatoms. The highest BCUT2D eigenvalue weighted by Gasteiger charge is 2.34. The molecule has 1 aliphatic heterocycles. The smallest absolute Gasteiger partial charge is 0.388 e. The van der Waals surface area contributed by atoms with Gasteiger partial charge in [-0.3, -0.25) is 4.90 Å². The second-order valence-corrected chi connectivity index (χ2v) is 5.33. The van der Waals surface area contributed by atoms with Crippen LogP contribution in [0.2, 0.25) is 0 Å². The molecule has 0 atom stereocenters. The van der Waals surface area contributed by atoms with Gasteiger partial charge < -0.3 is 10.2 Å². The van der Waals surface area contributed by atoms with Crippen molar-refractivity contribution in [2.75, 3.05) is 45.1 Å². The van der Waals surface area contributed by atoms with Crippen molar-refractivity contribution in [3.05, 3.63) is 29.3 Å². The monoisotopic (exact) mass is 301 g/mol. The van der Waals surface area contributed by atoms with Crippen molar-refractivity contribution < 1.29 is 13.2 Å². The molecular weight excluding hydrogens is 279 g/mol. The standard InChI is InChI=1S/C15H22F3N3/c1-3-20-6-8-21(9-7-20)11-12-4-5-13(19-2)10-14(12)15(16,17)18/h4-5,10,19H,3,6-9,11H2,1-2H3. The van der Waals surface area contributed by atoms with E-state index in [1.54, 1.807) is 19.2 Å². The van der Waals surface area contributed by atoms with Crippen LogP contribution in [0.4, 0.5) is 18.9 Å². The number of benzene rings is 1. The summed E-state index contributed by atoms with van der Waals surface area (Å²) in [5.41, 5.74) is 0.306. The van der Waals surface area contributed by atoms with Gasteiger partial charge in [-0.2, -0.15) is 13.2 Å². The van der Waals surface area contributed by atoms with Crippen molar-refractivity contribution in [2.24, 2.45) is 0 Å². The number of piperazine rings is 1. The Hall–Kier alpha value is -1.27. The number of hydrogen-bond acceptors (Lipinski definition) is 3. The Labute approximate surface area is 123 Å². The number of halogens is 3. The van der Waals surface area contributed by atoms with E-state index in [-0.39, 0.29) is 0 Å². The fourth-order valence-corrected chi connectivity index (χ4v) is 2.64. The minimum Gasteiger partial charge on any atom is -0.388 e. The van der Waals surface area contributed by atoms with Crippen molar-refractivity contribution >= 4 is 5.69 Å². The molecule has 1 saturated heterocycles. The van der Waals surface area contributed by atoms with Crippen LogP contribution in [0.3, 0.4) is 0 Å². The average molecular weight is 301 g/mol. The zero-order valence-electron chi connectivity index (χ0n) is 12.5. The first-order chi connectivity index (χ1) is 9.94. The molecule has 1 aliphatic rings. The van der Waals surface area contributed by atoms with E-state index >= 15 is 0 Å². The minimum absolute atomic E-state index is 0.353. The van der Waals surface area contributed by atoms with Gasteiger partial charge in [-0.1, -0.05) is 13.0 Å². The van der Waals surface area contributed by atoms with Crippen molar-refractivity contribution in [1.29, 1.82) is 0 Å². The summed E-state index contributed by atoms with van der Waals surface area (Å²) in [5, 5.41) is 2.76. The first-order valence-corrected chi connectivity index (χ1v) is 7.26. The Kier molecular flexibility index (Phi) is 5.11. The van der Waals surface area contributed by atoms with E-state index in [4.69, 9.17) is 0 Å². The van der Waals surface area contributed by atoms with E-state index in [0.717, 1.165) is 32.7 Å². The summed E-state index contributed by atoms with van der Waals surface area (Å²) in [6, 6.07) is 4.48. The molecule has 0 spiro atoms. The van der Waals surface area contributed by atoms with Crippen LogP contribution >= 0.6 is 0 Å². The summed E-state index contributed by atoms with van der Waals surface area (Å²) in [7, 11) is 1.62. The summed E-state index contributed by atoms with van der Waals surface area (Å²) in [6.45, 7) is 6.94. The van der Waals surface area contributed by atoms with Crippen LogP contribution in [-0.4, -0.2) is 49.6 Å². The molecule has 21 heavy (non-hydrogen) atoms. The van der Waals surface area contributed by atoms with Crippen LogP contribution in [0, 0.1) is 0 Å². The van der Waals surface area contributed by atoms with Crippen LogP contribution in [0.15, 0.2) is 18.2 Å². The van der Waals surface area contributed by atoms with Gasteiger partial charge in [0, 0.05) is 45.5 Å². The number of hydrogen-bond donors (Lipinski definition) is 1. The lowest BCUT2D eigenvalue weighted by atomic mass is 10.0. The maximum atomic E-state index is 13.2. The number of likely N-dealkylation sites (N-methyl/N-ethyl adjacent to an activating group) is 1. The molecule has 3 nitrogen and oxygen atoms in total. The summed E-state index contributed by atoms with van der Waals surface area (Å²) < 4.78 is 39.5. The molecule has 1 fully saturated rings. The van der Waals surface area contributed by atoms with Gasteiger partial charge in [0.1, 0.15) is 0 Å². The second kappa shape index (κ2) is 6.66. The number of alkyl halides is 3. The van der Waals surface area contributed by atoms with E-state index in [1.807, 2.05) is 0 Å². The van der Waals surface area contributed by atoms with Crippen molar-refractivity contribution in [3.8, 4) is 0 Å². The van der Waals surface area contributed by atoms with Crippen LogP contribution in [0.1, 0.15) is 18.1 Å². The summed E-state index contributed by atoms with van der Waals surface area (Å²) >= 11 is 0. The van der Waals surface area contributed by atoms with Crippen LogP contribution < -0.4 is 5.32 Å². The zero-order chi connectivity index (χ0) is 15.5. The molecule has 0 aliphatic carbocycles. The maximum Gasteiger partial charge on any atom is 0.416 e. The highest BCUT2D eigenvalue weighted by atomic mass is 19.4. The van der Waals surface area contributed by atoms with E-state index < -0.39 is 11.7 Å². The van der Waals surface area contributed by atoms with Gasteiger partial charge in [0.05, 0.1) is 5.56 Å². The van der Waals surface area contributed by atoms with Crippen LogP contribution in [0.5, 0.6) is 0 Å². The van der Waals surface area contributed by atoms with Crippen molar-refractivity contribution in [2.45, 2.75) is 19.6 Å². The molecule has 0 aromatic heterocycles. The fraction of sp³-hybridized carbons (Fsp3) is 0.600. The predicted octanol–water partition coefficient (Wildman–Crippen LogP) is 2.88. The predicted molar refractivity (Wildman–Crippen MR) is 78.4 cm³/mol. The highest BCUT2D eigenvalue weighted by Crippen LogP contribution is 2.34. The maximum absolute atomic E-state index is 13.2. The Bertz CT molecular complexity index is 466. The van der Waals surface area contributed by atoms with Gasteiger partial charge in [-0.15, -0.1) is 0 Å². The normalized spacial score (nSPS) is 18.0. The number of rotatable bonds is 4. The molecule has 0 saturated carbocycles. The average Bonchev–Trinajstić information content (AvgIpc) is 2.47. The first kappa shape index (κ1) is 16.1. The molecular formula is C15H22F3N3. The van der Waals surface area contributed by atoms with Gasteiger partial charge in [0.2, 0.25) is 0 Å². The number of anilines is 1. The number of nitrogens with zero attached hydrogens (tertiary/aromatic N) is 2. The molecule has 0 bridgehead atoms. The molecule has 1 N–H and O–H groups in total. The largest absolute Gasteiger partial charge is 0.416 e. The molecule has 1 aromatic rings. The van der Waals surface area contributed by atoms with Crippen molar-refractivity contribution in [1.82, 2.24) is 9.80 Å². The third kappa shape index (κ3) is 4.11. The van der Waals surface area contributed by atoms with Crippen LogP contribution in [-0.2, 0) is 12.7 Å². The van der Waals surface area contributed by atoms with Gasteiger partial charge in [0.25, 0.3) is 0 Å². The summed E-state index contributed by atoms with van der Waals surface area (Å²) in [5.74, 6) is 0. The third-order valence-electron chi connectivity index (χ3n) is 4.01. The quantitative estimate of drug-likeness (QED) is 0.922. The third-order valence-corrected chi connectivity index (χ3v) is 4.01. The van der Waals surface area contributed by atoms with Crippen LogP contribution in [0.25, 0.3) is 0 Å². The Morgan fingerprint density at radius 1 is 1.10 bits per heavy atom. The highest BCUT2D eigenvalue weighted by molar-refractivity contribution is 5.49. The zero-order valence-corrected chi connectivity index (χ0v) is 12.5. The van der Waals surface area contributed by atoms with E-state index in [9.17, 15) is 13.2 Å². The molecule has 0 radical (unpaired) electrons. The van der Waals surface area contributed by atoms with Crippen molar-refractivity contribution in [3.63, 3.8) is 0 Å². The van der Waals surface area contributed by atoms with Gasteiger partial charge in [0.15, 0.2) is 0 Å². The molecule has 0 unspecified atom stereocenters. The molecule has 1 aromatic carbocycles. The summed E-state index contributed by atoms with van der Waals surface area (Å²) in [4.78, 5) is 4.40. The lowest BCUT2D eigenvalue weighted by molar-refractivity contribution is -0.138. The Morgan fingerprint density at radius 2 is 1.71 bits per heavy atom. The molecule has 1 heterocycles. The van der Waals surface area contributed by atoms with Gasteiger partial charge >= 0.3 is 6.18 Å². The van der Waals surface area contributed by atoms with E-state index in [1.165, 1.54) is 6.07 Å².